The van der Waals surface area contributed by atoms with Crippen molar-refractivity contribution in [2.75, 3.05) is 6.54 Å². The van der Waals surface area contributed by atoms with Crippen LogP contribution in [0.25, 0.3) is 5.69 Å². The molecule has 0 amide bonds. The first kappa shape index (κ1) is 11.9. The molecular formula is C14H19N3. The van der Waals surface area contributed by atoms with Crippen molar-refractivity contribution in [1.82, 2.24) is 9.78 Å². The Hall–Kier alpha value is -1.61. The molecule has 0 saturated heterocycles. The second kappa shape index (κ2) is 4.72. The second-order valence-electron chi connectivity index (χ2n) is 4.44. The molecule has 0 aliphatic heterocycles. The predicted molar refractivity (Wildman–Crippen MR) is 70.5 cm³/mol. The Morgan fingerprint density at radius 1 is 1.12 bits per heavy atom. The summed E-state index contributed by atoms with van der Waals surface area (Å²) in [4.78, 5) is 0. The zero-order chi connectivity index (χ0) is 12.4. The van der Waals surface area contributed by atoms with E-state index in [1.165, 1.54) is 16.8 Å². The lowest BCUT2D eigenvalue weighted by Gasteiger charge is -2.05. The van der Waals surface area contributed by atoms with Gasteiger partial charge in [-0.1, -0.05) is 17.7 Å². The maximum absolute atomic E-state index is 5.63. The van der Waals surface area contributed by atoms with E-state index < -0.39 is 0 Å². The van der Waals surface area contributed by atoms with Crippen LogP contribution < -0.4 is 5.73 Å². The molecule has 2 aromatic rings. The van der Waals surface area contributed by atoms with Gasteiger partial charge in [-0.3, -0.25) is 0 Å². The molecule has 17 heavy (non-hydrogen) atoms. The molecule has 0 bridgehead atoms. The molecule has 2 rings (SSSR count). The molecule has 3 heteroatoms. The van der Waals surface area contributed by atoms with Crippen molar-refractivity contribution in [2.45, 2.75) is 27.2 Å². The van der Waals surface area contributed by atoms with E-state index in [2.05, 4.69) is 43.2 Å². The smallest absolute Gasteiger partial charge is 0.0649 e. The molecule has 0 atom stereocenters. The molecule has 2 N–H and O–H groups in total. The van der Waals surface area contributed by atoms with Gasteiger partial charge in [0.15, 0.2) is 0 Å². The molecule has 1 heterocycles. The molecule has 0 saturated carbocycles. The van der Waals surface area contributed by atoms with E-state index in [9.17, 15) is 0 Å². The van der Waals surface area contributed by atoms with E-state index in [0.717, 1.165) is 17.8 Å². The number of benzene rings is 1. The zero-order valence-corrected chi connectivity index (χ0v) is 10.7. The first-order valence-electron chi connectivity index (χ1n) is 5.95. The second-order valence-corrected chi connectivity index (χ2v) is 4.44. The Kier molecular flexibility index (Phi) is 3.29. The first-order valence-corrected chi connectivity index (χ1v) is 5.95. The Bertz CT molecular complexity index is 509. The third kappa shape index (κ3) is 2.24. The molecule has 1 aromatic heterocycles. The molecule has 1 aromatic carbocycles. The molecule has 0 spiro atoms. The average Bonchev–Trinajstić information content (AvgIpc) is 2.59. The lowest BCUT2D eigenvalue weighted by Crippen LogP contribution is -2.05. The maximum Gasteiger partial charge on any atom is 0.0649 e. The van der Waals surface area contributed by atoms with Crippen LogP contribution >= 0.6 is 0 Å². The van der Waals surface area contributed by atoms with Gasteiger partial charge >= 0.3 is 0 Å². The van der Waals surface area contributed by atoms with Crippen LogP contribution in [-0.2, 0) is 6.42 Å². The van der Waals surface area contributed by atoms with E-state index in [4.69, 9.17) is 5.73 Å². The molecule has 90 valence electrons. The van der Waals surface area contributed by atoms with Crippen molar-refractivity contribution < 1.29 is 0 Å². The van der Waals surface area contributed by atoms with Gasteiger partial charge in [-0.15, -0.1) is 0 Å². The van der Waals surface area contributed by atoms with Gasteiger partial charge in [-0.25, -0.2) is 4.68 Å². The SMILES string of the molecule is Cc1ccc(-n2nc(C)c(CCN)c2C)cc1. The minimum atomic E-state index is 0.668. The van der Waals surface area contributed by atoms with E-state index >= 15 is 0 Å². The monoisotopic (exact) mass is 229 g/mol. The summed E-state index contributed by atoms with van der Waals surface area (Å²) in [7, 11) is 0. The van der Waals surface area contributed by atoms with E-state index in [-0.39, 0.29) is 0 Å². The van der Waals surface area contributed by atoms with Gasteiger partial charge < -0.3 is 5.73 Å². The summed E-state index contributed by atoms with van der Waals surface area (Å²) in [6.45, 7) is 6.90. The summed E-state index contributed by atoms with van der Waals surface area (Å²) < 4.78 is 2.00. The van der Waals surface area contributed by atoms with Crippen molar-refractivity contribution >= 4 is 0 Å². The first-order chi connectivity index (χ1) is 8.13. The van der Waals surface area contributed by atoms with Gasteiger partial charge in [0, 0.05) is 5.69 Å². The quantitative estimate of drug-likeness (QED) is 0.877. The maximum atomic E-state index is 5.63. The Balaban J connectivity index is 2.46. The molecule has 0 fully saturated rings. The highest BCUT2D eigenvalue weighted by atomic mass is 15.3. The van der Waals surface area contributed by atoms with Crippen LogP contribution in [0.15, 0.2) is 24.3 Å². The topological polar surface area (TPSA) is 43.8 Å². The summed E-state index contributed by atoms with van der Waals surface area (Å²) in [5, 5.41) is 4.59. The van der Waals surface area contributed by atoms with E-state index in [1.54, 1.807) is 0 Å². The normalized spacial score (nSPS) is 10.8. The molecule has 0 radical (unpaired) electrons. The third-order valence-electron chi connectivity index (χ3n) is 3.11. The van der Waals surface area contributed by atoms with Crippen molar-refractivity contribution in [3.8, 4) is 5.69 Å². The molecular weight excluding hydrogens is 210 g/mol. The zero-order valence-electron chi connectivity index (χ0n) is 10.7. The van der Waals surface area contributed by atoms with Gasteiger partial charge in [0.1, 0.15) is 0 Å². The van der Waals surface area contributed by atoms with Gasteiger partial charge in [-0.2, -0.15) is 5.10 Å². The number of aryl methyl sites for hydroxylation is 2. The fraction of sp³-hybridized carbons (Fsp3) is 0.357. The van der Waals surface area contributed by atoms with E-state index in [1.807, 2.05) is 11.6 Å². The minimum absolute atomic E-state index is 0.668. The van der Waals surface area contributed by atoms with E-state index in [0.29, 0.717) is 6.54 Å². The fourth-order valence-electron chi connectivity index (χ4n) is 2.12. The molecule has 0 aliphatic carbocycles. The number of rotatable bonds is 3. The van der Waals surface area contributed by atoms with Gasteiger partial charge in [0.2, 0.25) is 0 Å². The number of nitrogens with zero attached hydrogens (tertiary/aromatic N) is 2. The fourth-order valence-corrected chi connectivity index (χ4v) is 2.12. The summed E-state index contributed by atoms with van der Waals surface area (Å²) >= 11 is 0. The lowest BCUT2D eigenvalue weighted by molar-refractivity contribution is 0.831. The summed E-state index contributed by atoms with van der Waals surface area (Å²) in [5.74, 6) is 0. The van der Waals surface area contributed by atoms with Crippen LogP contribution in [0.1, 0.15) is 22.5 Å². The van der Waals surface area contributed by atoms with Crippen LogP contribution in [0.5, 0.6) is 0 Å². The molecule has 3 nitrogen and oxygen atoms in total. The Morgan fingerprint density at radius 3 is 2.35 bits per heavy atom. The number of aromatic nitrogens is 2. The number of hydrogen-bond donors (Lipinski definition) is 1. The highest BCUT2D eigenvalue weighted by Gasteiger charge is 2.11. The third-order valence-corrected chi connectivity index (χ3v) is 3.11. The number of nitrogens with two attached hydrogens (primary N) is 1. The van der Waals surface area contributed by atoms with Gasteiger partial charge in [-0.05, 0) is 51.4 Å². The van der Waals surface area contributed by atoms with Gasteiger partial charge in [0.25, 0.3) is 0 Å². The summed E-state index contributed by atoms with van der Waals surface area (Å²) in [6.07, 6.45) is 0.892. The van der Waals surface area contributed by atoms with Crippen molar-refractivity contribution in [2.24, 2.45) is 5.73 Å². The average molecular weight is 229 g/mol. The van der Waals surface area contributed by atoms with Crippen LogP contribution in [0.4, 0.5) is 0 Å². The molecule has 0 aliphatic rings. The van der Waals surface area contributed by atoms with Crippen molar-refractivity contribution in [3.63, 3.8) is 0 Å². The van der Waals surface area contributed by atoms with Crippen LogP contribution in [0.3, 0.4) is 0 Å². The van der Waals surface area contributed by atoms with Crippen molar-refractivity contribution in [1.29, 1.82) is 0 Å². The van der Waals surface area contributed by atoms with Crippen LogP contribution in [0.2, 0.25) is 0 Å². The minimum Gasteiger partial charge on any atom is -0.330 e. The van der Waals surface area contributed by atoms with Crippen LogP contribution in [0, 0.1) is 20.8 Å². The van der Waals surface area contributed by atoms with Crippen LogP contribution in [-0.4, -0.2) is 16.3 Å². The highest BCUT2D eigenvalue weighted by molar-refractivity contribution is 5.38. The number of hydrogen-bond acceptors (Lipinski definition) is 2. The largest absolute Gasteiger partial charge is 0.330 e. The summed E-state index contributed by atoms with van der Waals surface area (Å²) in [5.41, 5.74) is 11.5. The Labute approximate surface area is 102 Å². The standard InChI is InChI=1S/C14H19N3/c1-10-4-6-13(7-5-10)17-12(3)14(8-9-15)11(2)16-17/h4-7H,8-9,15H2,1-3H3. The summed E-state index contributed by atoms with van der Waals surface area (Å²) in [6, 6.07) is 8.41. The predicted octanol–water partition coefficient (Wildman–Crippen LogP) is 2.30. The molecule has 0 unspecified atom stereocenters. The lowest BCUT2D eigenvalue weighted by atomic mass is 10.1. The highest BCUT2D eigenvalue weighted by Crippen LogP contribution is 2.18. The van der Waals surface area contributed by atoms with Gasteiger partial charge in [0.05, 0.1) is 11.4 Å². The van der Waals surface area contributed by atoms with Crippen molar-refractivity contribution in [3.05, 3.63) is 46.8 Å². The Morgan fingerprint density at radius 2 is 1.76 bits per heavy atom.